The highest BCUT2D eigenvalue weighted by molar-refractivity contribution is 7.12. The second kappa shape index (κ2) is 8.02. The smallest absolute Gasteiger partial charge is 0.418 e. The van der Waals surface area contributed by atoms with Crippen molar-refractivity contribution in [3.8, 4) is 5.75 Å². The van der Waals surface area contributed by atoms with Gasteiger partial charge in [-0.1, -0.05) is 29.8 Å². The van der Waals surface area contributed by atoms with Gasteiger partial charge in [0.1, 0.15) is 12.4 Å². The second-order valence-electron chi connectivity index (χ2n) is 5.56. The van der Waals surface area contributed by atoms with Gasteiger partial charge in [-0.25, -0.2) is 0 Å². The molecule has 0 aliphatic heterocycles. The highest BCUT2D eigenvalue weighted by Gasteiger charge is 2.33. The molecule has 0 bridgehead atoms. The first-order valence-electron chi connectivity index (χ1n) is 7.76. The second-order valence-corrected chi connectivity index (χ2v) is 6.91. The molecule has 1 aromatic heterocycles. The molecule has 0 aliphatic carbocycles. The van der Waals surface area contributed by atoms with E-state index in [9.17, 15) is 18.0 Å². The zero-order valence-corrected chi connectivity index (χ0v) is 15.3. The summed E-state index contributed by atoms with van der Waals surface area (Å²) in [7, 11) is 0. The molecule has 3 rings (SSSR count). The monoisotopic (exact) mass is 411 g/mol. The third-order valence-electron chi connectivity index (χ3n) is 3.56. The Morgan fingerprint density at radius 2 is 1.89 bits per heavy atom. The van der Waals surface area contributed by atoms with E-state index in [4.69, 9.17) is 16.3 Å². The molecule has 2 aromatic carbocycles. The standard InChI is InChI=1S/C19H13ClF3NO2S/c20-13-4-3-5-14(9-13)26-10-12-8-17(27-11-12)18(25)24-16-7-2-1-6-15(16)19(21,22)23/h1-9,11H,10H2,(H,24,25). The number of para-hydroxylation sites is 1. The number of halogens is 4. The van der Waals surface area contributed by atoms with Gasteiger partial charge in [-0.2, -0.15) is 13.2 Å². The SMILES string of the molecule is O=C(Nc1ccccc1C(F)(F)F)c1cc(COc2cccc(Cl)c2)cs1. The Kier molecular flexibility index (Phi) is 5.72. The lowest BCUT2D eigenvalue weighted by Crippen LogP contribution is -2.15. The van der Waals surface area contributed by atoms with Gasteiger partial charge >= 0.3 is 6.18 Å². The lowest BCUT2D eigenvalue weighted by atomic mass is 10.1. The third kappa shape index (κ3) is 5.02. The summed E-state index contributed by atoms with van der Waals surface area (Å²) in [6.45, 7) is 0.212. The Bertz CT molecular complexity index is 956. The van der Waals surface area contributed by atoms with Gasteiger partial charge < -0.3 is 10.1 Å². The molecule has 0 atom stereocenters. The van der Waals surface area contributed by atoms with Crippen LogP contribution in [0.1, 0.15) is 20.8 Å². The first-order valence-corrected chi connectivity index (χ1v) is 9.02. The van der Waals surface area contributed by atoms with Crippen LogP contribution in [0, 0.1) is 0 Å². The number of hydrogen-bond donors (Lipinski definition) is 1. The van der Waals surface area contributed by atoms with Gasteiger partial charge in [0.15, 0.2) is 0 Å². The van der Waals surface area contributed by atoms with E-state index in [0.717, 1.165) is 23.0 Å². The lowest BCUT2D eigenvalue weighted by molar-refractivity contribution is -0.136. The van der Waals surface area contributed by atoms with Crippen LogP contribution in [-0.4, -0.2) is 5.91 Å². The van der Waals surface area contributed by atoms with E-state index in [1.165, 1.54) is 18.2 Å². The average Bonchev–Trinajstić information content (AvgIpc) is 3.09. The summed E-state index contributed by atoms with van der Waals surface area (Å²) in [4.78, 5) is 12.6. The van der Waals surface area contributed by atoms with Crippen LogP contribution in [0.2, 0.25) is 5.02 Å². The van der Waals surface area contributed by atoms with Crippen molar-refractivity contribution >= 4 is 34.5 Å². The van der Waals surface area contributed by atoms with E-state index in [-0.39, 0.29) is 17.2 Å². The fraction of sp³-hybridized carbons (Fsp3) is 0.105. The summed E-state index contributed by atoms with van der Waals surface area (Å²) in [5, 5.41) is 4.58. The van der Waals surface area contributed by atoms with Gasteiger partial charge in [-0.05, 0) is 41.8 Å². The van der Waals surface area contributed by atoms with Crippen LogP contribution in [0.15, 0.2) is 60.0 Å². The molecule has 140 valence electrons. The molecule has 1 amide bonds. The maximum absolute atomic E-state index is 13.0. The Morgan fingerprint density at radius 1 is 1.11 bits per heavy atom. The number of amides is 1. The van der Waals surface area contributed by atoms with E-state index < -0.39 is 17.6 Å². The number of anilines is 1. The molecule has 3 aromatic rings. The molecule has 1 N–H and O–H groups in total. The van der Waals surface area contributed by atoms with Crippen LogP contribution in [-0.2, 0) is 12.8 Å². The Labute approximate surface area is 162 Å². The van der Waals surface area contributed by atoms with Crippen LogP contribution in [0.25, 0.3) is 0 Å². The zero-order chi connectivity index (χ0) is 19.4. The maximum Gasteiger partial charge on any atom is 0.418 e. The van der Waals surface area contributed by atoms with Crippen molar-refractivity contribution in [3.63, 3.8) is 0 Å². The van der Waals surface area contributed by atoms with Crippen LogP contribution in [0.5, 0.6) is 5.75 Å². The Hall–Kier alpha value is -2.51. The summed E-state index contributed by atoms with van der Waals surface area (Å²) in [6.07, 6.45) is -4.55. The van der Waals surface area contributed by atoms with Crippen molar-refractivity contribution in [2.45, 2.75) is 12.8 Å². The van der Waals surface area contributed by atoms with Crippen LogP contribution in [0.4, 0.5) is 18.9 Å². The van der Waals surface area contributed by atoms with Crippen molar-refractivity contribution in [2.24, 2.45) is 0 Å². The van der Waals surface area contributed by atoms with Gasteiger partial charge in [-0.15, -0.1) is 11.3 Å². The van der Waals surface area contributed by atoms with E-state index in [1.54, 1.807) is 35.7 Å². The van der Waals surface area contributed by atoms with E-state index in [0.29, 0.717) is 10.8 Å². The predicted molar refractivity (Wildman–Crippen MR) is 99.5 cm³/mol. The highest BCUT2D eigenvalue weighted by Crippen LogP contribution is 2.35. The minimum atomic E-state index is -4.55. The lowest BCUT2D eigenvalue weighted by Gasteiger charge is -2.12. The number of alkyl halides is 3. The van der Waals surface area contributed by atoms with Crippen LogP contribution < -0.4 is 10.1 Å². The topological polar surface area (TPSA) is 38.3 Å². The number of thiophene rings is 1. The number of benzene rings is 2. The van der Waals surface area contributed by atoms with Crippen LogP contribution >= 0.6 is 22.9 Å². The largest absolute Gasteiger partial charge is 0.489 e. The van der Waals surface area contributed by atoms with Gasteiger partial charge in [0, 0.05) is 10.6 Å². The number of nitrogens with one attached hydrogen (secondary N) is 1. The minimum Gasteiger partial charge on any atom is -0.489 e. The Balaban J connectivity index is 1.67. The molecule has 3 nitrogen and oxygen atoms in total. The molecule has 8 heteroatoms. The zero-order valence-electron chi connectivity index (χ0n) is 13.7. The molecular formula is C19H13ClF3NO2S. The third-order valence-corrected chi connectivity index (χ3v) is 4.77. The molecule has 0 fully saturated rings. The number of carbonyl (C=O) groups excluding carboxylic acids is 1. The summed E-state index contributed by atoms with van der Waals surface area (Å²) in [5.74, 6) is -0.0236. The summed E-state index contributed by atoms with van der Waals surface area (Å²) < 4.78 is 44.7. The molecule has 0 spiro atoms. The number of hydrogen-bond acceptors (Lipinski definition) is 3. The first-order chi connectivity index (χ1) is 12.8. The fourth-order valence-corrected chi connectivity index (χ4v) is 3.29. The van der Waals surface area contributed by atoms with E-state index in [1.807, 2.05) is 0 Å². The first kappa shape index (κ1) is 19.3. The average molecular weight is 412 g/mol. The number of rotatable bonds is 5. The van der Waals surface area contributed by atoms with Crippen molar-refractivity contribution in [2.75, 3.05) is 5.32 Å². The highest BCUT2D eigenvalue weighted by atomic mass is 35.5. The summed E-state index contributed by atoms with van der Waals surface area (Å²) >= 11 is 7.01. The summed E-state index contributed by atoms with van der Waals surface area (Å²) in [6, 6.07) is 13.3. The van der Waals surface area contributed by atoms with Crippen LogP contribution in [0.3, 0.4) is 0 Å². The van der Waals surface area contributed by atoms with Crippen molar-refractivity contribution < 1.29 is 22.7 Å². The molecule has 0 unspecified atom stereocenters. The quantitative estimate of drug-likeness (QED) is 0.538. The van der Waals surface area contributed by atoms with Gasteiger partial charge in [0.2, 0.25) is 0 Å². The van der Waals surface area contributed by atoms with Crippen molar-refractivity contribution in [1.29, 1.82) is 0 Å². The summed E-state index contributed by atoms with van der Waals surface area (Å²) in [5.41, 5.74) is -0.436. The van der Waals surface area contributed by atoms with Gasteiger partial charge in [-0.3, -0.25) is 4.79 Å². The molecule has 0 saturated heterocycles. The van der Waals surface area contributed by atoms with Gasteiger partial charge in [0.25, 0.3) is 5.91 Å². The molecular weight excluding hydrogens is 399 g/mol. The van der Waals surface area contributed by atoms with Gasteiger partial charge in [0.05, 0.1) is 16.1 Å². The molecule has 0 radical (unpaired) electrons. The molecule has 0 saturated carbocycles. The van der Waals surface area contributed by atoms with E-state index >= 15 is 0 Å². The van der Waals surface area contributed by atoms with Crippen molar-refractivity contribution in [3.05, 3.63) is 81.0 Å². The maximum atomic E-state index is 13.0. The molecule has 27 heavy (non-hydrogen) atoms. The van der Waals surface area contributed by atoms with Crippen molar-refractivity contribution in [1.82, 2.24) is 0 Å². The Morgan fingerprint density at radius 3 is 2.63 bits per heavy atom. The molecule has 0 aliphatic rings. The number of carbonyl (C=O) groups is 1. The predicted octanol–water partition coefficient (Wildman–Crippen LogP) is 6.25. The normalized spacial score (nSPS) is 11.3. The number of ether oxygens (including phenoxy) is 1. The van der Waals surface area contributed by atoms with E-state index in [2.05, 4.69) is 5.32 Å². The molecule has 1 heterocycles. The fourth-order valence-electron chi connectivity index (χ4n) is 2.32. The minimum absolute atomic E-state index is 0.212.